The summed E-state index contributed by atoms with van der Waals surface area (Å²) in [6, 6.07) is 2.44. The molecule has 1 fully saturated rings. The van der Waals surface area contributed by atoms with Crippen molar-refractivity contribution in [2.24, 2.45) is 12.8 Å². The molecule has 170 valence electrons. The van der Waals surface area contributed by atoms with Crippen LogP contribution in [0.25, 0.3) is 10.6 Å². The Bertz CT molecular complexity index is 1140. The summed E-state index contributed by atoms with van der Waals surface area (Å²) >= 11 is 0.882. The second-order valence-electron chi connectivity index (χ2n) is 7.56. The summed E-state index contributed by atoms with van der Waals surface area (Å²) in [6.45, 7) is 0.922. The third-order valence-corrected chi connectivity index (χ3v) is 6.27. The molecule has 4 rings (SSSR count). The first-order valence-electron chi connectivity index (χ1n) is 9.94. The lowest BCUT2D eigenvalue weighted by molar-refractivity contribution is 0.102. The molecule has 12 heteroatoms. The number of alkyl halides is 1. The van der Waals surface area contributed by atoms with Crippen LogP contribution >= 0.6 is 11.3 Å². The number of nitrogen functional groups attached to an aromatic ring is 1. The van der Waals surface area contributed by atoms with Gasteiger partial charge in [-0.2, -0.15) is 5.10 Å². The third kappa shape index (κ3) is 4.28. The van der Waals surface area contributed by atoms with Gasteiger partial charge in [0.1, 0.15) is 33.5 Å². The standard InChI is InChI=1S/C20H22F3N7OS/c1-29-20(30-6-4-13(23)14(24)5-7-30)15(9-26-29)27-18(31)16-17(25)32-19(28-16)11-8-10(21)2-3-12(11)22/h2-3,8-9,13-14H,4-7,24-25H2,1H3,(H,27,31)/t13-,14+/m0/s1. The Morgan fingerprint density at radius 1 is 1.28 bits per heavy atom. The molecule has 2 aromatic heterocycles. The van der Waals surface area contributed by atoms with Gasteiger partial charge in [0.25, 0.3) is 5.91 Å². The van der Waals surface area contributed by atoms with E-state index in [0.29, 0.717) is 31.0 Å². The molecule has 3 heterocycles. The molecule has 5 N–H and O–H groups in total. The van der Waals surface area contributed by atoms with Gasteiger partial charge < -0.3 is 21.7 Å². The fraction of sp³-hybridized carbons (Fsp3) is 0.350. The van der Waals surface area contributed by atoms with Crippen molar-refractivity contribution in [3.05, 3.63) is 41.7 Å². The average molecular weight is 466 g/mol. The minimum atomic E-state index is -1.09. The largest absolute Gasteiger partial charge is 0.389 e. The molecule has 1 aliphatic heterocycles. The number of benzene rings is 1. The van der Waals surface area contributed by atoms with Crippen molar-refractivity contribution in [3.63, 3.8) is 0 Å². The Kier molecular flexibility index (Phi) is 6.07. The van der Waals surface area contributed by atoms with Crippen LogP contribution in [0.4, 0.5) is 29.7 Å². The van der Waals surface area contributed by atoms with Gasteiger partial charge in [-0.15, -0.1) is 0 Å². The van der Waals surface area contributed by atoms with Crippen LogP contribution in [0.5, 0.6) is 0 Å². The molecule has 0 bridgehead atoms. The van der Waals surface area contributed by atoms with Crippen LogP contribution in [0.1, 0.15) is 23.3 Å². The Morgan fingerprint density at radius 3 is 2.81 bits per heavy atom. The van der Waals surface area contributed by atoms with Crippen LogP contribution in [0.3, 0.4) is 0 Å². The van der Waals surface area contributed by atoms with E-state index in [1.54, 1.807) is 11.7 Å². The molecule has 1 aromatic carbocycles. The fourth-order valence-electron chi connectivity index (χ4n) is 3.65. The first-order chi connectivity index (χ1) is 15.2. The highest BCUT2D eigenvalue weighted by Gasteiger charge is 2.27. The molecule has 0 unspecified atom stereocenters. The first kappa shape index (κ1) is 22.1. The number of carbonyl (C=O) groups excluding carboxylic acids is 1. The van der Waals surface area contributed by atoms with E-state index in [-0.39, 0.29) is 27.7 Å². The van der Waals surface area contributed by atoms with E-state index in [0.717, 1.165) is 29.5 Å². The summed E-state index contributed by atoms with van der Waals surface area (Å²) in [7, 11) is 1.71. The number of nitrogens with one attached hydrogen (secondary N) is 1. The molecule has 2 atom stereocenters. The number of thiazole rings is 1. The van der Waals surface area contributed by atoms with Gasteiger partial charge in [0.15, 0.2) is 11.5 Å². The van der Waals surface area contributed by atoms with Crippen LogP contribution < -0.4 is 21.7 Å². The van der Waals surface area contributed by atoms with Crippen molar-refractivity contribution in [3.8, 4) is 10.6 Å². The Labute approximate surface area is 186 Å². The molecule has 8 nitrogen and oxygen atoms in total. The summed E-state index contributed by atoms with van der Waals surface area (Å²) in [5, 5.41) is 7.08. The maximum absolute atomic E-state index is 14.1. The molecule has 0 saturated carbocycles. The molecule has 1 saturated heterocycles. The summed E-state index contributed by atoms with van der Waals surface area (Å²) < 4.78 is 43.2. The molecule has 3 aromatic rings. The van der Waals surface area contributed by atoms with Crippen LogP contribution in [0.15, 0.2) is 24.4 Å². The highest BCUT2D eigenvalue weighted by atomic mass is 32.1. The van der Waals surface area contributed by atoms with Crippen molar-refractivity contribution in [2.45, 2.75) is 25.1 Å². The maximum Gasteiger partial charge on any atom is 0.277 e. The van der Waals surface area contributed by atoms with Crippen LogP contribution in [0, 0.1) is 11.6 Å². The normalized spacial score (nSPS) is 19.1. The second-order valence-corrected chi connectivity index (χ2v) is 8.59. The summed E-state index contributed by atoms with van der Waals surface area (Å²) in [5.41, 5.74) is 12.0. The van der Waals surface area contributed by atoms with Gasteiger partial charge in [-0.05, 0) is 31.0 Å². The minimum Gasteiger partial charge on any atom is -0.389 e. The van der Waals surface area contributed by atoms with Gasteiger partial charge in [-0.3, -0.25) is 9.48 Å². The SMILES string of the molecule is Cn1ncc(NC(=O)c2nc(-c3cc(F)ccc3F)sc2N)c1N1CC[C@@H](N)[C@@H](F)CC1. The quantitative estimate of drug-likeness (QED) is 0.546. The van der Waals surface area contributed by atoms with Crippen molar-refractivity contribution >= 4 is 33.8 Å². The van der Waals surface area contributed by atoms with Crippen molar-refractivity contribution in [2.75, 3.05) is 29.0 Å². The van der Waals surface area contributed by atoms with Crippen LogP contribution in [-0.2, 0) is 7.05 Å². The van der Waals surface area contributed by atoms with Crippen molar-refractivity contribution < 1.29 is 18.0 Å². The van der Waals surface area contributed by atoms with E-state index in [4.69, 9.17) is 11.5 Å². The molecule has 0 radical (unpaired) electrons. The van der Waals surface area contributed by atoms with Crippen molar-refractivity contribution in [1.82, 2.24) is 14.8 Å². The third-order valence-electron chi connectivity index (χ3n) is 5.35. The monoisotopic (exact) mass is 465 g/mol. The van der Waals surface area contributed by atoms with Gasteiger partial charge >= 0.3 is 0 Å². The number of hydrogen-bond donors (Lipinski definition) is 3. The summed E-state index contributed by atoms with van der Waals surface area (Å²) in [5.74, 6) is -1.32. The number of hydrogen-bond acceptors (Lipinski definition) is 7. The minimum absolute atomic E-state index is 0.0626. The number of anilines is 3. The summed E-state index contributed by atoms with van der Waals surface area (Å²) in [4.78, 5) is 18.9. The van der Waals surface area contributed by atoms with Gasteiger partial charge in [-0.1, -0.05) is 11.3 Å². The van der Waals surface area contributed by atoms with E-state index in [1.165, 1.54) is 6.20 Å². The zero-order valence-electron chi connectivity index (χ0n) is 17.2. The summed E-state index contributed by atoms with van der Waals surface area (Å²) in [6.07, 6.45) is 1.10. The molecule has 32 heavy (non-hydrogen) atoms. The number of aromatic nitrogens is 3. The zero-order chi connectivity index (χ0) is 23.0. The molecule has 1 amide bonds. The Morgan fingerprint density at radius 2 is 2.03 bits per heavy atom. The molecular formula is C20H22F3N7OS. The van der Waals surface area contributed by atoms with Crippen LogP contribution in [0.2, 0.25) is 0 Å². The van der Waals surface area contributed by atoms with Gasteiger partial charge in [0.2, 0.25) is 0 Å². The molecule has 1 aliphatic rings. The van der Waals surface area contributed by atoms with E-state index < -0.39 is 29.8 Å². The predicted octanol–water partition coefficient (Wildman–Crippen LogP) is 2.92. The number of nitrogens with two attached hydrogens (primary N) is 2. The molecule has 0 aliphatic carbocycles. The number of halogens is 3. The van der Waals surface area contributed by atoms with E-state index in [9.17, 15) is 18.0 Å². The zero-order valence-corrected chi connectivity index (χ0v) is 18.0. The Hall–Kier alpha value is -3.12. The Balaban J connectivity index is 1.58. The van der Waals surface area contributed by atoms with Gasteiger partial charge in [0, 0.05) is 31.7 Å². The topological polar surface area (TPSA) is 115 Å². The lowest BCUT2D eigenvalue weighted by Gasteiger charge is -2.24. The predicted molar refractivity (Wildman–Crippen MR) is 117 cm³/mol. The highest BCUT2D eigenvalue weighted by molar-refractivity contribution is 7.19. The second kappa shape index (κ2) is 8.79. The number of aryl methyl sites for hydroxylation is 1. The van der Waals surface area contributed by atoms with Crippen molar-refractivity contribution in [1.29, 1.82) is 0 Å². The lowest BCUT2D eigenvalue weighted by atomic mass is 10.1. The number of nitrogens with zero attached hydrogens (tertiary/aromatic N) is 4. The molecular weight excluding hydrogens is 443 g/mol. The van der Waals surface area contributed by atoms with Gasteiger partial charge in [0.05, 0.1) is 6.20 Å². The van der Waals surface area contributed by atoms with Gasteiger partial charge in [-0.25, -0.2) is 18.2 Å². The lowest BCUT2D eigenvalue weighted by Crippen LogP contribution is -2.31. The number of amides is 1. The van der Waals surface area contributed by atoms with E-state index in [1.807, 2.05) is 4.90 Å². The number of carbonyl (C=O) groups is 1. The van der Waals surface area contributed by atoms with E-state index >= 15 is 0 Å². The van der Waals surface area contributed by atoms with Crippen LogP contribution in [-0.4, -0.2) is 46.0 Å². The number of rotatable bonds is 4. The average Bonchev–Trinajstić information content (AvgIpc) is 3.27. The highest BCUT2D eigenvalue weighted by Crippen LogP contribution is 2.33. The fourth-order valence-corrected chi connectivity index (χ4v) is 4.50. The maximum atomic E-state index is 14.1. The smallest absolute Gasteiger partial charge is 0.277 e. The first-order valence-corrected chi connectivity index (χ1v) is 10.8. The molecule has 0 spiro atoms. The van der Waals surface area contributed by atoms with E-state index in [2.05, 4.69) is 15.4 Å².